The Kier molecular flexibility index (Phi) is 7.47. The zero-order valence-corrected chi connectivity index (χ0v) is 21.8. The molecular formula is C27H27N5O5S. The number of benzene rings is 2. The quantitative estimate of drug-likeness (QED) is 0.331. The number of carboxylic acids is 1. The predicted molar refractivity (Wildman–Crippen MR) is 144 cm³/mol. The molecule has 11 heteroatoms. The van der Waals surface area contributed by atoms with Gasteiger partial charge in [0, 0.05) is 20.2 Å². The van der Waals surface area contributed by atoms with Crippen LogP contribution in [-0.2, 0) is 16.0 Å². The van der Waals surface area contributed by atoms with Crippen LogP contribution in [0.15, 0.2) is 48.5 Å². The van der Waals surface area contributed by atoms with Crippen LogP contribution in [-0.4, -0.2) is 77.0 Å². The molecule has 1 aliphatic heterocycles. The molecule has 4 aromatic rings. The van der Waals surface area contributed by atoms with E-state index in [2.05, 4.69) is 50.8 Å². The molecule has 2 aromatic carbocycles. The number of thiazole rings is 1. The zero-order valence-electron chi connectivity index (χ0n) is 21.0. The van der Waals surface area contributed by atoms with E-state index in [1.165, 1.54) is 18.4 Å². The molecule has 1 unspecified atom stereocenters. The fourth-order valence-corrected chi connectivity index (χ4v) is 5.45. The molecule has 2 aromatic heterocycles. The number of aromatic nitrogens is 3. The Balaban J connectivity index is 1.53. The Morgan fingerprint density at radius 2 is 1.95 bits per heavy atom. The van der Waals surface area contributed by atoms with E-state index in [0.717, 1.165) is 28.3 Å². The number of aliphatic carboxylic acids is 1. The molecule has 0 radical (unpaired) electrons. The van der Waals surface area contributed by atoms with Crippen LogP contribution < -0.4 is 10.1 Å². The summed E-state index contributed by atoms with van der Waals surface area (Å²) < 4.78 is 10.8. The van der Waals surface area contributed by atoms with E-state index in [1.807, 2.05) is 12.1 Å². The Morgan fingerprint density at radius 3 is 2.68 bits per heavy atom. The van der Waals surface area contributed by atoms with E-state index in [9.17, 15) is 9.59 Å². The van der Waals surface area contributed by atoms with Gasteiger partial charge in [0.15, 0.2) is 10.7 Å². The third-order valence-electron chi connectivity index (χ3n) is 6.46. The van der Waals surface area contributed by atoms with Crippen molar-refractivity contribution in [3.63, 3.8) is 0 Å². The molecule has 1 saturated heterocycles. The summed E-state index contributed by atoms with van der Waals surface area (Å²) in [4.78, 5) is 30.6. The number of amides is 1. The molecule has 2 N–H and O–H groups in total. The van der Waals surface area contributed by atoms with Gasteiger partial charge in [-0.1, -0.05) is 53.8 Å². The number of likely N-dealkylation sites (tertiary alicyclic amines) is 1. The molecule has 1 atom stereocenters. The fourth-order valence-electron chi connectivity index (χ4n) is 4.50. The highest BCUT2D eigenvalue weighted by Crippen LogP contribution is 2.38. The lowest BCUT2D eigenvalue weighted by Gasteiger charge is -2.16. The van der Waals surface area contributed by atoms with Crippen LogP contribution in [0.4, 0.5) is 5.00 Å². The van der Waals surface area contributed by atoms with E-state index in [1.54, 1.807) is 18.1 Å². The first-order chi connectivity index (χ1) is 18.4. The van der Waals surface area contributed by atoms with Crippen molar-refractivity contribution in [2.45, 2.75) is 18.9 Å². The van der Waals surface area contributed by atoms with Gasteiger partial charge in [-0.25, -0.2) is 0 Å². The number of carbonyl (C=O) groups is 2. The van der Waals surface area contributed by atoms with Gasteiger partial charge in [-0.2, -0.15) is 4.98 Å². The minimum absolute atomic E-state index is 0.0164. The van der Waals surface area contributed by atoms with Crippen LogP contribution in [0.5, 0.6) is 5.88 Å². The number of hydrogen-bond acceptors (Lipinski definition) is 9. The monoisotopic (exact) mass is 533 g/mol. The first-order valence-corrected chi connectivity index (χ1v) is 12.9. The van der Waals surface area contributed by atoms with Crippen molar-refractivity contribution in [3.05, 3.63) is 65.4 Å². The van der Waals surface area contributed by atoms with Crippen molar-refractivity contribution in [2.24, 2.45) is 0 Å². The van der Waals surface area contributed by atoms with Gasteiger partial charge in [0.25, 0.3) is 5.91 Å². The van der Waals surface area contributed by atoms with Gasteiger partial charge in [-0.15, -0.1) is 10.2 Å². The Labute approximate surface area is 223 Å². The molecule has 38 heavy (non-hydrogen) atoms. The van der Waals surface area contributed by atoms with E-state index < -0.39 is 5.97 Å². The molecule has 1 fully saturated rings. The maximum Gasteiger partial charge on any atom is 0.322 e. The largest absolute Gasteiger partial charge is 0.480 e. The first-order valence-electron chi connectivity index (χ1n) is 12.1. The lowest BCUT2D eigenvalue weighted by Crippen LogP contribution is -2.31. The van der Waals surface area contributed by atoms with Gasteiger partial charge in [0.2, 0.25) is 5.88 Å². The number of fused-ring (bicyclic) bond motifs is 1. The molecule has 196 valence electrons. The van der Waals surface area contributed by atoms with Crippen LogP contribution >= 0.6 is 11.3 Å². The highest BCUT2D eigenvalue weighted by atomic mass is 32.1. The van der Waals surface area contributed by atoms with Gasteiger partial charge in [-0.05, 0) is 40.8 Å². The van der Waals surface area contributed by atoms with Crippen LogP contribution in [0.2, 0.25) is 0 Å². The zero-order chi connectivity index (χ0) is 26.6. The smallest absolute Gasteiger partial charge is 0.322 e. The molecule has 1 amide bonds. The minimum atomic E-state index is -1.00. The second-order valence-electron chi connectivity index (χ2n) is 8.96. The van der Waals surface area contributed by atoms with E-state index in [4.69, 9.17) is 14.6 Å². The number of rotatable bonds is 9. The number of nitrogens with zero attached hydrogens (tertiary/aromatic N) is 4. The fraction of sp³-hybridized carbons (Fsp3) is 0.296. The maximum absolute atomic E-state index is 13.3. The van der Waals surface area contributed by atoms with Crippen molar-refractivity contribution in [2.75, 3.05) is 39.2 Å². The van der Waals surface area contributed by atoms with Gasteiger partial charge in [0.1, 0.15) is 17.2 Å². The summed E-state index contributed by atoms with van der Waals surface area (Å²) in [6, 6.07) is 16.1. The van der Waals surface area contributed by atoms with Crippen molar-refractivity contribution < 1.29 is 24.2 Å². The highest BCUT2D eigenvalue weighted by molar-refractivity contribution is 7.19. The average molecular weight is 534 g/mol. The number of ether oxygens (including phenoxy) is 2. The first kappa shape index (κ1) is 25.6. The summed E-state index contributed by atoms with van der Waals surface area (Å²) in [5, 5.41) is 23.9. The molecule has 5 rings (SSSR count). The third-order valence-corrected chi connectivity index (χ3v) is 7.46. The highest BCUT2D eigenvalue weighted by Gasteiger charge is 2.29. The van der Waals surface area contributed by atoms with Crippen LogP contribution in [0.25, 0.3) is 21.5 Å². The Morgan fingerprint density at radius 1 is 1.13 bits per heavy atom. The summed E-state index contributed by atoms with van der Waals surface area (Å²) in [5.74, 6) is -0.921. The van der Waals surface area contributed by atoms with Crippen molar-refractivity contribution >= 4 is 39.0 Å². The normalized spacial score (nSPS) is 15.1. The topological polar surface area (TPSA) is 127 Å². The number of hydrogen-bond donors (Lipinski definition) is 2. The number of nitrogens with one attached hydrogen (secondary N) is 1. The molecule has 10 nitrogen and oxygen atoms in total. The standard InChI is InChI=1S/C27H27N5O5S/c1-36-20-9-10-32(15-20)27(35)21-13-19(12-16-7-8-17-5-3-4-6-18(17)11-16)23(31-30-21)25-29-24(37-2)26(38-25)28-14-22(33)34/h3-8,11,13,20,28H,9-10,12,14-15H2,1-2H3,(H,33,34). The second kappa shape index (κ2) is 11.1. The molecular weight excluding hydrogens is 506 g/mol. The molecule has 1 aliphatic rings. The number of carbonyl (C=O) groups excluding carboxylic acids is 1. The van der Waals surface area contributed by atoms with E-state index in [0.29, 0.717) is 35.2 Å². The van der Waals surface area contributed by atoms with Gasteiger partial charge in [0.05, 0.1) is 13.2 Å². The average Bonchev–Trinajstić information content (AvgIpc) is 3.58. The Hall–Kier alpha value is -4.09. The minimum Gasteiger partial charge on any atom is -0.480 e. The summed E-state index contributed by atoms with van der Waals surface area (Å²) in [6.45, 7) is 0.837. The molecule has 0 bridgehead atoms. The van der Waals surface area contributed by atoms with Gasteiger partial charge >= 0.3 is 5.97 Å². The predicted octanol–water partition coefficient (Wildman–Crippen LogP) is 3.71. The lowest BCUT2D eigenvalue weighted by molar-refractivity contribution is -0.134. The van der Waals surface area contributed by atoms with Crippen LogP contribution in [0, 0.1) is 0 Å². The summed E-state index contributed by atoms with van der Waals surface area (Å²) in [5.41, 5.74) is 2.60. The van der Waals surface area contributed by atoms with Crippen molar-refractivity contribution in [1.82, 2.24) is 20.1 Å². The van der Waals surface area contributed by atoms with Crippen LogP contribution in [0.3, 0.4) is 0 Å². The SMILES string of the molecule is COc1nc(-c2nnc(C(=O)N3CCC(OC)C3)cc2Cc2ccc3ccccc3c2)sc1NCC(=O)O. The second-order valence-corrected chi connectivity index (χ2v) is 9.96. The Bertz CT molecular complexity index is 1490. The number of anilines is 1. The summed E-state index contributed by atoms with van der Waals surface area (Å²) in [7, 11) is 3.12. The van der Waals surface area contributed by atoms with Crippen molar-refractivity contribution in [1.29, 1.82) is 0 Å². The lowest BCUT2D eigenvalue weighted by atomic mass is 10.00. The molecule has 3 heterocycles. The number of carboxylic acid groups (broad SMARTS) is 1. The summed E-state index contributed by atoms with van der Waals surface area (Å²) in [6.07, 6.45) is 1.29. The summed E-state index contributed by atoms with van der Waals surface area (Å²) >= 11 is 1.22. The molecule has 0 spiro atoms. The maximum atomic E-state index is 13.3. The molecule has 0 aliphatic carbocycles. The van der Waals surface area contributed by atoms with Gasteiger partial charge < -0.3 is 24.8 Å². The number of methoxy groups -OCH3 is 2. The third kappa shape index (κ3) is 5.43. The van der Waals surface area contributed by atoms with E-state index >= 15 is 0 Å². The van der Waals surface area contributed by atoms with Crippen LogP contribution in [0.1, 0.15) is 28.0 Å². The van der Waals surface area contributed by atoms with Gasteiger partial charge in [-0.3, -0.25) is 9.59 Å². The molecule has 0 saturated carbocycles. The van der Waals surface area contributed by atoms with E-state index in [-0.39, 0.29) is 30.1 Å². The van der Waals surface area contributed by atoms with Crippen molar-refractivity contribution in [3.8, 4) is 16.6 Å².